The lowest BCUT2D eigenvalue weighted by Gasteiger charge is -2.07. The largest absolute Gasteiger partial charge is 0.478 e. The number of amidine groups is 1. The Labute approximate surface area is 180 Å². The monoisotopic (exact) mass is 443 g/mol. The molecule has 0 bridgehead atoms. The lowest BCUT2D eigenvalue weighted by molar-refractivity contribution is -0.135. The maximum atomic E-state index is 11.8. The highest BCUT2D eigenvalue weighted by atomic mass is 35.5. The van der Waals surface area contributed by atoms with Crippen molar-refractivity contribution in [3.8, 4) is 11.1 Å². The number of nitrogens with one attached hydrogen (secondary N) is 1. The second kappa shape index (κ2) is 9.38. The third-order valence-electron chi connectivity index (χ3n) is 3.92. The number of aromatic carboxylic acids is 1. The van der Waals surface area contributed by atoms with E-state index in [4.69, 9.17) is 16.7 Å². The van der Waals surface area contributed by atoms with Gasteiger partial charge in [-0.25, -0.2) is 9.59 Å². The number of ether oxygens (including phenoxy) is 1. The van der Waals surface area contributed by atoms with Crippen LogP contribution in [-0.4, -0.2) is 41.4 Å². The van der Waals surface area contributed by atoms with Crippen molar-refractivity contribution in [2.75, 3.05) is 7.11 Å². The van der Waals surface area contributed by atoms with Gasteiger partial charge in [0.25, 0.3) is 5.91 Å². The van der Waals surface area contributed by atoms with Crippen molar-refractivity contribution in [3.63, 3.8) is 0 Å². The van der Waals surface area contributed by atoms with Crippen LogP contribution >= 0.6 is 23.4 Å². The van der Waals surface area contributed by atoms with Crippen LogP contribution in [0.5, 0.6) is 0 Å². The molecule has 3 rings (SSSR count). The first-order valence-corrected chi connectivity index (χ1v) is 9.60. The predicted molar refractivity (Wildman–Crippen MR) is 115 cm³/mol. The van der Waals surface area contributed by atoms with E-state index in [-0.39, 0.29) is 20.7 Å². The lowest BCUT2D eigenvalue weighted by atomic mass is 9.99. The second-order valence-electron chi connectivity index (χ2n) is 5.82. The second-order valence-corrected chi connectivity index (χ2v) is 7.26. The highest BCUT2D eigenvalue weighted by Crippen LogP contribution is 2.28. The molecule has 0 aromatic heterocycles. The molecule has 0 aliphatic carbocycles. The molecular weight excluding hydrogens is 430 g/mol. The van der Waals surface area contributed by atoms with Crippen LogP contribution in [0, 0.1) is 0 Å². The lowest BCUT2D eigenvalue weighted by Crippen LogP contribution is -2.19. The van der Waals surface area contributed by atoms with Crippen LogP contribution in [0.4, 0.5) is 0 Å². The Balaban J connectivity index is 1.83. The number of carboxylic acid groups (broad SMARTS) is 1. The molecule has 8 nitrogen and oxygen atoms in total. The molecule has 1 saturated heterocycles. The van der Waals surface area contributed by atoms with Gasteiger partial charge in [0.1, 0.15) is 0 Å². The molecule has 0 unspecified atom stereocenters. The number of carboxylic acids is 1. The van der Waals surface area contributed by atoms with Crippen molar-refractivity contribution in [3.05, 3.63) is 69.6 Å². The van der Waals surface area contributed by atoms with Gasteiger partial charge in [0.15, 0.2) is 5.17 Å². The van der Waals surface area contributed by atoms with E-state index in [2.05, 4.69) is 20.3 Å². The molecule has 1 aliphatic heterocycles. The third-order valence-corrected chi connectivity index (χ3v) is 5.13. The Kier molecular flexibility index (Phi) is 6.65. The fourth-order valence-electron chi connectivity index (χ4n) is 2.51. The summed E-state index contributed by atoms with van der Waals surface area (Å²) in [6, 6.07) is 12.0. The van der Waals surface area contributed by atoms with Gasteiger partial charge in [-0.1, -0.05) is 41.9 Å². The van der Waals surface area contributed by atoms with Crippen molar-refractivity contribution in [2.45, 2.75) is 0 Å². The molecule has 0 atom stereocenters. The van der Waals surface area contributed by atoms with Gasteiger partial charge in [-0.2, -0.15) is 5.10 Å². The van der Waals surface area contributed by atoms with Crippen LogP contribution in [0.1, 0.15) is 15.9 Å². The number of halogens is 1. The number of thioether (sulfide) groups is 1. The zero-order chi connectivity index (χ0) is 21.7. The van der Waals surface area contributed by atoms with Crippen molar-refractivity contribution < 1.29 is 24.2 Å². The number of hydrogen-bond acceptors (Lipinski definition) is 7. The van der Waals surface area contributed by atoms with Gasteiger partial charge >= 0.3 is 11.9 Å². The molecule has 2 aromatic rings. The van der Waals surface area contributed by atoms with E-state index in [0.717, 1.165) is 23.4 Å². The summed E-state index contributed by atoms with van der Waals surface area (Å²) >= 11 is 7.04. The van der Waals surface area contributed by atoms with Gasteiger partial charge in [-0.15, -0.1) is 5.10 Å². The average Bonchev–Trinajstić information content (AvgIpc) is 3.06. The topological polar surface area (TPSA) is 117 Å². The summed E-state index contributed by atoms with van der Waals surface area (Å²) in [7, 11) is 1.22. The van der Waals surface area contributed by atoms with Crippen molar-refractivity contribution in [1.29, 1.82) is 0 Å². The molecule has 152 valence electrons. The van der Waals surface area contributed by atoms with Crippen LogP contribution in [0.2, 0.25) is 5.02 Å². The van der Waals surface area contributed by atoms with Gasteiger partial charge in [-0.05, 0) is 35.0 Å². The quantitative estimate of drug-likeness (QED) is 0.317. The van der Waals surface area contributed by atoms with Crippen LogP contribution in [0.25, 0.3) is 11.1 Å². The number of carbonyl (C=O) groups excluding carboxylic acids is 2. The summed E-state index contributed by atoms with van der Waals surface area (Å²) in [5.41, 5.74) is 2.21. The summed E-state index contributed by atoms with van der Waals surface area (Å²) in [4.78, 5) is 34.4. The summed E-state index contributed by atoms with van der Waals surface area (Å²) in [6.07, 6.45) is 2.57. The first-order chi connectivity index (χ1) is 14.4. The van der Waals surface area contributed by atoms with Gasteiger partial charge in [0, 0.05) is 11.6 Å². The van der Waals surface area contributed by atoms with E-state index in [0.29, 0.717) is 11.1 Å². The molecule has 1 fully saturated rings. The number of amides is 1. The molecule has 0 saturated carbocycles. The molecule has 1 aliphatic rings. The van der Waals surface area contributed by atoms with Crippen molar-refractivity contribution in [2.24, 2.45) is 10.2 Å². The maximum Gasteiger partial charge on any atom is 0.337 e. The van der Waals surface area contributed by atoms with Gasteiger partial charge < -0.3 is 9.84 Å². The van der Waals surface area contributed by atoms with Crippen LogP contribution in [0.15, 0.2) is 63.6 Å². The van der Waals surface area contributed by atoms with Crippen LogP contribution in [0.3, 0.4) is 0 Å². The Morgan fingerprint density at radius 3 is 2.70 bits per heavy atom. The Hall–Kier alpha value is -3.43. The minimum atomic E-state index is -1.10. The van der Waals surface area contributed by atoms with E-state index in [9.17, 15) is 14.4 Å². The molecule has 0 spiro atoms. The highest BCUT2D eigenvalue weighted by molar-refractivity contribution is 8.18. The number of nitrogens with zero attached hydrogens (tertiary/aromatic N) is 2. The normalized spacial score (nSPS) is 16.3. The Morgan fingerprint density at radius 2 is 2.00 bits per heavy atom. The summed E-state index contributed by atoms with van der Waals surface area (Å²) in [5, 5.41) is 19.9. The smallest absolute Gasteiger partial charge is 0.337 e. The first-order valence-electron chi connectivity index (χ1n) is 8.41. The molecule has 10 heteroatoms. The molecular formula is C20H14ClN3O5S. The highest BCUT2D eigenvalue weighted by Gasteiger charge is 2.25. The number of hydrogen-bond donors (Lipinski definition) is 2. The SMILES string of the molecule is COC(=O)/C=C1/S/C(=N\N=Cc2ccccc2-c2ccc(C(=O)O)c(Cl)c2)NC1=O. The minimum absolute atomic E-state index is 0.0165. The summed E-state index contributed by atoms with van der Waals surface area (Å²) in [5.74, 6) is -2.21. The standard InChI is InChI=1S/C20H14ClN3O5S/c1-29-17(25)9-16-18(26)23-20(30-16)24-22-10-12-4-2-3-5-13(12)11-6-7-14(19(27)28)15(21)8-11/h2-10H,1H3,(H,27,28)(H,23,24,26)/b16-9+,22-10?. The number of rotatable bonds is 5. The van der Waals surface area contributed by atoms with E-state index in [1.54, 1.807) is 18.2 Å². The number of methoxy groups -OCH3 is 1. The van der Waals surface area contributed by atoms with Gasteiger partial charge in [0.05, 0.1) is 28.8 Å². The van der Waals surface area contributed by atoms with E-state index in [1.807, 2.05) is 18.2 Å². The summed E-state index contributed by atoms with van der Waals surface area (Å²) in [6.45, 7) is 0. The summed E-state index contributed by atoms with van der Waals surface area (Å²) < 4.78 is 4.50. The van der Waals surface area contributed by atoms with E-state index in [1.165, 1.54) is 19.4 Å². The average molecular weight is 444 g/mol. The van der Waals surface area contributed by atoms with Crippen molar-refractivity contribution >= 4 is 52.6 Å². The number of carbonyl (C=O) groups is 3. The molecule has 2 N–H and O–H groups in total. The number of benzene rings is 2. The van der Waals surface area contributed by atoms with Crippen molar-refractivity contribution in [1.82, 2.24) is 5.32 Å². The molecule has 1 heterocycles. The molecule has 0 radical (unpaired) electrons. The fraction of sp³-hybridized carbons (Fsp3) is 0.0500. The zero-order valence-corrected chi connectivity index (χ0v) is 17.0. The fourth-order valence-corrected chi connectivity index (χ4v) is 3.51. The van der Waals surface area contributed by atoms with Crippen LogP contribution < -0.4 is 5.32 Å². The Bertz CT molecular complexity index is 1130. The van der Waals surface area contributed by atoms with E-state index >= 15 is 0 Å². The zero-order valence-electron chi connectivity index (χ0n) is 15.5. The minimum Gasteiger partial charge on any atom is -0.478 e. The van der Waals surface area contributed by atoms with E-state index < -0.39 is 17.8 Å². The predicted octanol–water partition coefficient (Wildman–Crippen LogP) is 3.32. The molecule has 2 aromatic carbocycles. The van der Waals surface area contributed by atoms with Gasteiger partial charge in [-0.3, -0.25) is 10.1 Å². The maximum absolute atomic E-state index is 11.8. The third kappa shape index (κ3) is 4.94. The van der Waals surface area contributed by atoms with Gasteiger partial charge in [0.2, 0.25) is 0 Å². The molecule has 30 heavy (non-hydrogen) atoms. The van der Waals surface area contributed by atoms with Crippen LogP contribution in [-0.2, 0) is 14.3 Å². The number of esters is 1. The Morgan fingerprint density at radius 1 is 1.23 bits per heavy atom. The first kappa shape index (κ1) is 21.3. The molecule has 1 amide bonds.